The van der Waals surface area contributed by atoms with Crippen molar-refractivity contribution in [1.29, 1.82) is 0 Å². The van der Waals surface area contributed by atoms with E-state index in [1.165, 1.54) is 18.9 Å². The van der Waals surface area contributed by atoms with Crippen molar-refractivity contribution in [2.75, 3.05) is 0 Å². The Hall–Kier alpha value is -0.890. The average Bonchev–Trinajstić information content (AvgIpc) is 2.91. The number of halogens is 1. The van der Waals surface area contributed by atoms with Crippen LogP contribution in [0.1, 0.15) is 30.0 Å². The van der Waals surface area contributed by atoms with Crippen molar-refractivity contribution in [2.45, 2.75) is 25.8 Å². The van der Waals surface area contributed by atoms with Crippen LogP contribution in [0.2, 0.25) is 0 Å². The maximum Gasteiger partial charge on any atom is 0.126 e. The van der Waals surface area contributed by atoms with E-state index in [-0.39, 0.29) is 11.9 Å². The molecule has 70 valence electrons. The Bertz CT molecular complexity index is 318. The molecule has 2 rings (SSSR count). The van der Waals surface area contributed by atoms with Gasteiger partial charge >= 0.3 is 0 Å². The molecule has 0 saturated heterocycles. The molecule has 1 nitrogen and oxygen atoms in total. The Morgan fingerprint density at radius 1 is 1.46 bits per heavy atom. The Labute approximate surface area is 77.8 Å². The van der Waals surface area contributed by atoms with Gasteiger partial charge in [-0.05, 0) is 42.9 Å². The van der Waals surface area contributed by atoms with E-state index in [1.54, 1.807) is 13.0 Å². The van der Waals surface area contributed by atoms with Gasteiger partial charge in [0.15, 0.2) is 0 Å². The quantitative estimate of drug-likeness (QED) is 0.741. The van der Waals surface area contributed by atoms with Crippen LogP contribution < -0.4 is 5.73 Å². The fourth-order valence-corrected chi connectivity index (χ4v) is 1.60. The van der Waals surface area contributed by atoms with Crippen LogP contribution in [0.5, 0.6) is 0 Å². The van der Waals surface area contributed by atoms with E-state index in [9.17, 15) is 4.39 Å². The number of hydrogen-bond donors (Lipinski definition) is 1. The van der Waals surface area contributed by atoms with E-state index in [4.69, 9.17) is 5.73 Å². The third kappa shape index (κ3) is 1.73. The van der Waals surface area contributed by atoms with Crippen molar-refractivity contribution in [3.8, 4) is 0 Å². The third-order valence-electron chi connectivity index (χ3n) is 2.70. The summed E-state index contributed by atoms with van der Waals surface area (Å²) in [6.45, 7) is 1.78. The first kappa shape index (κ1) is 8.70. The van der Waals surface area contributed by atoms with E-state index >= 15 is 0 Å². The second kappa shape index (κ2) is 3.11. The Balaban J connectivity index is 2.24. The van der Waals surface area contributed by atoms with Gasteiger partial charge < -0.3 is 5.73 Å². The summed E-state index contributed by atoms with van der Waals surface area (Å²) in [5, 5.41) is 0. The summed E-state index contributed by atoms with van der Waals surface area (Å²) in [4.78, 5) is 0. The van der Waals surface area contributed by atoms with Crippen LogP contribution in [-0.4, -0.2) is 0 Å². The lowest BCUT2D eigenvalue weighted by molar-refractivity contribution is 0.605. The van der Waals surface area contributed by atoms with Crippen molar-refractivity contribution >= 4 is 0 Å². The molecule has 2 N–H and O–H groups in total. The minimum absolute atomic E-state index is 0.110. The maximum atomic E-state index is 12.9. The smallest absolute Gasteiger partial charge is 0.126 e. The molecule has 0 aromatic heterocycles. The van der Waals surface area contributed by atoms with E-state index in [1.807, 2.05) is 6.07 Å². The van der Waals surface area contributed by atoms with Crippen LogP contribution >= 0.6 is 0 Å². The normalized spacial score (nSPS) is 18.7. The van der Waals surface area contributed by atoms with Crippen LogP contribution in [0.15, 0.2) is 18.2 Å². The highest BCUT2D eigenvalue weighted by atomic mass is 19.1. The Kier molecular flexibility index (Phi) is 2.08. The van der Waals surface area contributed by atoms with Crippen molar-refractivity contribution < 1.29 is 4.39 Å². The second-order valence-electron chi connectivity index (χ2n) is 3.87. The minimum atomic E-state index is -0.147. The molecule has 1 aromatic rings. The van der Waals surface area contributed by atoms with Gasteiger partial charge in [-0.15, -0.1) is 0 Å². The second-order valence-corrected chi connectivity index (χ2v) is 3.87. The molecule has 0 amide bonds. The van der Waals surface area contributed by atoms with Crippen LogP contribution in [-0.2, 0) is 0 Å². The molecule has 0 spiro atoms. The molecule has 0 bridgehead atoms. The van der Waals surface area contributed by atoms with Gasteiger partial charge in [0.2, 0.25) is 0 Å². The minimum Gasteiger partial charge on any atom is -0.324 e. The monoisotopic (exact) mass is 179 g/mol. The van der Waals surface area contributed by atoms with Crippen molar-refractivity contribution in [3.63, 3.8) is 0 Å². The number of nitrogens with two attached hydrogens (primary N) is 1. The molecule has 0 unspecified atom stereocenters. The van der Waals surface area contributed by atoms with Gasteiger partial charge in [0, 0.05) is 6.04 Å². The van der Waals surface area contributed by atoms with Gasteiger partial charge in [-0.3, -0.25) is 0 Å². The lowest BCUT2D eigenvalue weighted by Gasteiger charge is -2.11. The van der Waals surface area contributed by atoms with Gasteiger partial charge in [-0.1, -0.05) is 12.1 Å². The van der Waals surface area contributed by atoms with Gasteiger partial charge in [0.05, 0.1) is 0 Å². The average molecular weight is 179 g/mol. The Morgan fingerprint density at radius 2 is 2.15 bits per heavy atom. The first-order valence-electron chi connectivity index (χ1n) is 4.70. The van der Waals surface area contributed by atoms with Crippen LogP contribution in [0.3, 0.4) is 0 Å². The fraction of sp³-hybridized carbons (Fsp3) is 0.455. The van der Waals surface area contributed by atoms with Gasteiger partial charge in [-0.2, -0.15) is 0 Å². The van der Waals surface area contributed by atoms with E-state index < -0.39 is 0 Å². The number of benzene rings is 1. The van der Waals surface area contributed by atoms with Crippen molar-refractivity contribution in [2.24, 2.45) is 11.7 Å². The zero-order chi connectivity index (χ0) is 9.42. The standard InChI is InChI=1S/C11H14FN/c1-7-6-9(4-5-10(7)12)11(13)8-2-3-8/h4-6,8,11H,2-3,13H2,1H3/t11-/m0/s1. The Morgan fingerprint density at radius 3 is 2.69 bits per heavy atom. The highest BCUT2D eigenvalue weighted by Crippen LogP contribution is 2.39. The fourth-order valence-electron chi connectivity index (χ4n) is 1.60. The highest BCUT2D eigenvalue weighted by Gasteiger charge is 2.29. The molecule has 1 aliphatic carbocycles. The molecule has 2 heteroatoms. The van der Waals surface area contributed by atoms with E-state index in [0.29, 0.717) is 11.5 Å². The summed E-state index contributed by atoms with van der Waals surface area (Å²) in [5.74, 6) is 0.483. The summed E-state index contributed by atoms with van der Waals surface area (Å²) in [6.07, 6.45) is 2.44. The molecule has 0 aliphatic heterocycles. The molecule has 0 radical (unpaired) electrons. The van der Waals surface area contributed by atoms with Crippen LogP contribution in [0, 0.1) is 18.7 Å². The maximum absolute atomic E-state index is 12.9. The van der Waals surface area contributed by atoms with Crippen molar-refractivity contribution in [1.82, 2.24) is 0 Å². The van der Waals surface area contributed by atoms with Crippen molar-refractivity contribution in [3.05, 3.63) is 35.1 Å². The first-order valence-corrected chi connectivity index (χ1v) is 4.70. The summed E-state index contributed by atoms with van der Waals surface area (Å²) < 4.78 is 12.9. The molecular formula is C11H14FN. The molecule has 1 fully saturated rings. The third-order valence-corrected chi connectivity index (χ3v) is 2.70. The lowest BCUT2D eigenvalue weighted by atomic mass is 10.0. The SMILES string of the molecule is Cc1cc([C@@H](N)C2CC2)ccc1F. The first-order chi connectivity index (χ1) is 6.18. The van der Waals surface area contributed by atoms with Gasteiger partial charge in [0.25, 0.3) is 0 Å². The molecule has 0 heterocycles. The van der Waals surface area contributed by atoms with E-state index in [2.05, 4.69) is 0 Å². The molecule has 1 aromatic carbocycles. The number of aryl methyl sites for hydroxylation is 1. The highest BCUT2D eigenvalue weighted by molar-refractivity contribution is 5.27. The predicted molar refractivity (Wildman–Crippen MR) is 50.8 cm³/mol. The summed E-state index contributed by atoms with van der Waals surface area (Å²) in [5.41, 5.74) is 7.76. The van der Waals surface area contributed by atoms with Gasteiger partial charge in [-0.25, -0.2) is 4.39 Å². The lowest BCUT2D eigenvalue weighted by Crippen LogP contribution is -2.12. The van der Waals surface area contributed by atoms with Crippen LogP contribution in [0.4, 0.5) is 4.39 Å². The summed E-state index contributed by atoms with van der Waals surface area (Å²) >= 11 is 0. The van der Waals surface area contributed by atoms with Gasteiger partial charge in [0.1, 0.15) is 5.82 Å². The number of hydrogen-bond acceptors (Lipinski definition) is 1. The summed E-state index contributed by atoms with van der Waals surface area (Å²) in [7, 11) is 0. The molecule has 1 atom stereocenters. The van der Waals surface area contributed by atoms with E-state index in [0.717, 1.165) is 5.56 Å². The number of rotatable bonds is 2. The molecule has 1 aliphatic rings. The van der Waals surface area contributed by atoms with Crippen LogP contribution in [0.25, 0.3) is 0 Å². The largest absolute Gasteiger partial charge is 0.324 e. The molecular weight excluding hydrogens is 165 g/mol. The molecule has 13 heavy (non-hydrogen) atoms. The predicted octanol–water partition coefficient (Wildman–Crippen LogP) is 2.54. The zero-order valence-corrected chi connectivity index (χ0v) is 7.76. The topological polar surface area (TPSA) is 26.0 Å². The zero-order valence-electron chi connectivity index (χ0n) is 7.76. The summed E-state index contributed by atoms with van der Waals surface area (Å²) in [6, 6.07) is 5.27. The molecule has 1 saturated carbocycles.